The molecule has 5 nitrogen and oxygen atoms in total. The summed E-state index contributed by atoms with van der Waals surface area (Å²) in [6.07, 6.45) is 0.191. The van der Waals surface area contributed by atoms with E-state index >= 15 is 0 Å². The normalized spacial score (nSPS) is 14.7. The molecule has 0 aliphatic carbocycles. The fraction of sp³-hybridized carbons (Fsp3) is 0.321. The Hall–Kier alpha value is -2.93. The van der Waals surface area contributed by atoms with E-state index in [0.29, 0.717) is 30.7 Å². The van der Waals surface area contributed by atoms with Crippen molar-refractivity contribution in [1.29, 1.82) is 0 Å². The monoisotopic (exact) mass is 498 g/mol. The lowest BCUT2D eigenvalue weighted by Gasteiger charge is -2.36. The zero-order valence-corrected chi connectivity index (χ0v) is 20.5. The summed E-state index contributed by atoms with van der Waals surface area (Å²) in [5.41, 5.74) is 2.65. The van der Waals surface area contributed by atoms with E-state index in [0.717, 1.165) is 31.7 Å². The van der Waals surface area contributed by atoms with Gasteiger partial charge in [-0.25, -0.2) is 4.39 Å². The molecule has 1 fully saturated rings. The first-order valence-electron chi connectivity index (χ1n) is 11.8. The summed E-state index contributed by atoms with van der Waals surface area (Å²) in [4.78, 5) is 17.4. The van der Waals surface area contributed by atoms with E-state index in [1.807, 2.05) is 24.3 Å². The average molecular weight is 499 g/mol. The minimum Gasteiger partial charge on any atom is -0.490 e. The molecule has 1 unspecified atom stereocenters. The summed E-state index contributed by atoms with van der Waals surface area (Å²) in [5.74, 6) is 0.163. The van der Waals surface area contributed by atoms with Crippen LogP contribution >= 0.6 is 12.4 Å². The molecule has 1 aliphatic heterocycles. The summed E-state index contributed by atoms with van der Waals surface area (Å²) in [7, 11) is 0. The quantitative estimate of drug-likeness (QED) is 0.413. The van der Waals surface area contributed by atoms with Crippen molar-refractivity contribution in [2.24, 2.45) is 0 Å². The number of carbonyl (C=O) groups excluding carboxylic acids is 1. The fourth-order valence-electron chi connectivity index (χ4n) is 4.23. The molecule has 4 rings (SSSR count). The number of β-amino-alcohol motifs (C(OH)–C–C–N with tert-alkyl or cyclic N) is 1. The van der Waals surface area contributed by atoms with Crippen molar-refractivity contribution in [3.8, 4) is 5.75 Å². The number of benzene rings is 3. The van der Waals surface area contributed by atoms with Crippen molar-refractivity contribution in [2.75, 3.05) is 44.2 Å². The van der Waals surface area contributed by atoms with Gasteiger partial charge in [-0.3, -0.25) is 9.69 Å². The van der Waals surface area contributed by atoms with Crippen LogP contribution in [-0.2, 0) is 6.42 Å². The van der Waals surface area contributed by atoms with E-state index < -0.39 is 6.10 Å². The maximum absolute atomic E-state index is 13.1. The number of nitrogens with zero attached hydrogens (tertiary/aromatic N) is 2. The highest BCUT2D eigenvalue weighted by Crippen LogP contribution is 2.21. The standard InChI is InChI=1S/C28H31FN2O3.ClH/c29-23-13-10-22(11-14-23)12-15-27(33)26-8-4-5-9-28(26)34-21-25(32)20-30-16-18-31(19-17-30)24-6-2-1-3-7-24;/h1-11,13-14,25,32H,12,15-21H2;1H. The first-order valence-corrected chi connectivity index (χ1v) is 11.8. The van der Waals surface area contributed by atoms with Gasteiger partial charge in [0.2, 0.25) is 0 Å². The molecule has 1 saturated heterocycles. The van der Waals surface area contributed by atoms with Gasteiger partial charge in [0.25, 0.3) is 0 Å². The zero-order valence-electron chi connectivity index (χ0n) is 19.7. The molecule has 0 bridgehead atoms. The van der Waals surface area contributed by atoms with Crippen LogP contribution in [0.1, 0.15) is 22.3 Å². The van der Waals surface area contributed by atoms with Crippen molar-refractivity contribution in [3.63, 3.8) is 0 Å². The fourth-order valence-corrected chi connectivity index (χ4v) is 4.23. The van der Waals surface area contributed by atoms with Crippen LogP contribution in [0.4, 0.5) is 10.1 Å². The molecule has 3 aromatic carbocycles. The highest BCUT2D eigenvalue weighted by Gasteiger charge is 2.20. The number of aliphatic hydroxyl groups is 1. The lowest BCUT2D eigenvalue weighted by molar-refractivity contribution is 0.0655. The molecule has 0 spiro atoms. The van der Waals surface area contributed by atoms with Gasteiger partial charge in [-0.2, -0.15) is 0 Å². The first kappa shape index (κ1) is 26.7. The van der Waals surface area contributed by atoms with Gasteiger partial charge < -0.3 is 14.7 Å². The number of ether oxygens (including phenoxy) is 1. The van der Waals surface area contributed by atoms with Crippen LogP contribution in [0.5, 0.6) is 5.75 Å². The van der Waals surface area contributed by atoms with Gasteiger partial charge in [0.15, 0.2) is 5.78 Å². The molecule has 1 aliphatic rings. The Labute approximate surface area is 212 Å². The Bertz CT molecular complexity index is 1060. The van der Waals surface area contributed by atoms with Crippen LogP contribution in [0.25, 0.3) is 0 Å². The predicted molar refractivity (Wildman–Crippen MR) is 139 cm³/mol. The van der Waals surface area contributed by atoms with Crippen LogP contribution in [0, 0.1) is 5.82 Å². The third kappa shape index (κ3) is 7.79. The van der Waals surface area contributed by atoms with Crippen molar-refractivity contribution in [3.05, 3.63) is 95.8 Å². The molecule has 3 aromatic rings. The second-order valence-electron chi connectivity index (χ2n) is 8.63. The third-order valence-corrected chi connectivity index (χ3v) is 6.14. The van der Waals surface area contributed by atoms with Crippen molar-refractivity contribution >= 4 is 23.9 Å². The molecule has 1 heterocycles. The molecule has 0 saturated carbocycles. The summed E-state index contributed by atoms with van der Waals surface area (Å²) in [6.45, 7) is 4.26. The lowest BCUT2D eigenvalue weighted by atomic mass is 10.0. The molecular weight excluding hydrogens is 467 g/mol. The number of carbonyl (C=O) groups is 1. The second kappa shape index (κ2) is 13.2. The largest absolute Gasteiger partial charge is 0.490 e. The average Bonchev–Trinajstić information content (AvgIpc) is 2.88. The van der Waals surface area contributed by atoms with Gasteiger partial charge in [0, 0.05) is 44.8 Å². The molecule has 1 N–H and O–H groups in total. The number of anilines is 1. The Morgan fingerprint density at radius 3 is 2.29 bits per heavy atom. The summed E-state index contributed by atoms with van der Waals surface area (Å²) in [5, 5.41) is 10.6. The molecule has 0 aromatic heterocycles. The Morgan fingerprint density at radius 2 is 1.57 bits per heavy atom. The summed E-state index contributed by atoms with van der Waals surface area (Å²) >= 11 is 0. The number of Topliss-reactive ketones (excluding diaryl/α,β-unsaturated/α-hetero) is 1. The van der Waals surface area contributed by atoms with E-state index in [-0.39, 0.29) is 30.6 Å². The Kier molecular flexibility index (Phi) is 10.1. The van der Waals surface area contributed by atoms with E-state index in [9.17, 15) is 14.3 Å². The van der Waals surface area contributed by atoms with E-state index in [4.69, 9.17) is 4.74 Å². The van der Waals surface area contributed by atoms with Crippen LogP contribution in [0.15, 0.2) is 78.9 Å². The van der Waals surface area contributed by atoms with Crippen molar-refractivity contribution in [1.82, 2.24) is 4.90 Å². The minimum absolute atomic E-state index is 0. The molecule has 7 heteroatoms. The number of hydrogen-bond acceptors (Lipinski definition) is 5. The predicted octanol–water partition coefficient (Wildman–Crippen LogP) is 4.62. The number of ketones is 1. The molecule has 0 amide bonds. The van der Waals surface area contributed by atoms with E-state index in [1.54, 1.807) is 30.3 Å². The van der Waals surface area contributed by atoms with Gasteiger partial charge in [-0.1, -0.05) is 42.5 Å². The molecule has 0 radical (unpaired) electrons. The number of aryl methyl sites for hydroxylation is 1. The summed E-state index contributed by atoms with van der Waals surface area (Å²) < 4.78 is 18.9. The van der Waals surface area contributed by atoms with Crippen molar-refractivity contribution in [2.45, 2.75) is 18.9 Å². The number of para-hydroxylation sites is 2. The van der Waals surface area contributed by atoms with Crippen LogP contribution in [-0.4, -0.2) is 61.2 Å². The van der Waals surface area contributed by atoms with Gasteiger partial charge in [0.1, 0.15) is 24.3 Å². The third-order valence-electron chi connectivity index (χ3n) is 6.14. The van der Waals surface area contributed by atoms with Crippen molar-refractivity contribution < 1.29 is 19.0 Å². The number of piperazine rings is 1. The van der Waals surface area contributed by atoms with Gasteiger partial charge >= 0.3 is 0 Å². The SMILES string of the molecule is Cl.O=C(CCc1ccc(F)cc1)c1ccccc1OCC(O)CN1CCN(c2ccccc2)CC1. The molecule has 35 heavy (non-hydrogen) atoms. The first-order chi connectivity index (χ1) is 16.6. The van der Waals surface area contributed by atoms with Gasteiger partial charge in [-0.05, 0) is 48.4 Å². The lowest BCUT2D eigenvalue weighted by Crippen LogP contribution is -2.49. The Morgan fingerprint density at radius 1 is 0.914 bits per heavy atom. The number of halogens is 2. The molecule has 1 atom stereocenters. The minimum atomic E-state index is -0.648. The highest BCUT2D eigenvalue weighted by molar-refractivity contribution is 5.98. The topological polar surface area (TPSA) is 53.0 Å². The maximum atomic E-state index is 13.1. The number of rotatable bonds is 10. The molecular formula is C28H32ClFN2O3. The highest BCUT2D eigenvalue weighted by atomic mass is 35.5. The number of aliphatic hydroxyl groups excluding tert-OH is 1. The van der Waals surface area contributed by atoms with Crippen LogP contribution in [0.3, 0.4) is 0 Å². The van der Waals surface area contributed by atoms with Gasteiger partial charge in [0.05, 0.1) is 5.56 Å². The maximum Gasteiger partial charge on any atom is 0.166 e. The smallest absolute Gasteiger partial charge is 0.166 e. The zero-order chi connectivity index (χ0) is 23.8. The van der Waals surface area contributed by atoms with E-state index in [1.165, 1.54) is 17.8 Å². The van der Waals surface area contributed by atoms with Gasteiger partial charge in [-0.15, -0.1) is 12.4 Å². The molecule has 186 valence electrons. The Balaban J connectivity index is 0.00000342. The van der Waals surface area contributed by atoms with Crippen LogP contribution in [0.2, 0.25) is 0 Å². The summed E-state index contributed by atoms with van der Waals surface area (Å²) in [6, 6.07) is 23.7. The second-order valence-corrected chi connectivity index (χ2v) is 8.63. The van der Waals surface area contributed by atoms with E-state index in [2.05, 4.69) is 21.9 Å². The van der Waals surface area contributed by atoms with Crippen LogP contribution < -0.4 is 9.64 Å². The number of hydrogen-bond donors (Lipinski definition) is 1.